The molecule has 0 aliphatic carbocycles. The SMILES string of the molecule is CCOc1ccc(C(F)(F)F)cc1C(CCO)NC. The van der Waals surface area contributed by atoms with Crippen LogP contribution in [0.25, 0.3) is 0 Å². The van der Waals surface area contributed by atoms with Crippen LogP contribution in [0.15, 0.2) is 18.2 Å². The minimum absolute atomic E-state index is 0.118. The molecule has 0 radical (unpaired) electrons. The largest absolute Gasteiger partial charge is 0.494 e. The van der Waals surface area contributed by atoms with E-state index in [4.69, 9.17) is 9.84 Å². The van der Waals surface area contributed by atoms with E-state index in [2.05, 4.69) is 5.32 Å². The molecule has 1 unspecified atom stereocenters. The molecular weight excluding hydrogens is 259 g/mol. The molecule has 3 nitrogen and oxygen atoms in total. The highest BCUT2D eigenvalue weighted by atomic mass is 19.4. The van der Waals surface area contributed by atoms with Crippen molar-refractivity contribution < 1.29 is 23.0 Å². The Hall–Kier alpha value is -1.27. The Bertz CT molecular complexity index is 407. The molecule has 1 rings (SSSR count). The van der Waals surface area contributed by atoms with Crippen molar-refractivity contribution in [3.8, 4) is 5.75 Å². The van der Waals surface area contributed by atoms with E-state index < -0.39 is 11.7 Å². The second-order valence-electron chi connectivity index (χ2n) is 4.04. The number of hydrogen-bond acceptors (Lipinski definition) is 3. The topological polar surface area (TPSA) is 41.5 Å². The Morgan fingerprint density at radius 3 is 2.53 bits per heavy atom. The van der Waals surface area contributed by atoms with Crippen LogP contribution in [0.4, 0.5) is 13.2 Å². The van der Waals surface area contributed by atoms with Gasteiger partial charge in [-0.2, -0.15) is 13.2 Å². The fourth-order valence-corrected chi connectivity index (χ4v) is 1.87. The van der Waals surface area contributed by atoms with Gasteiger partial charge in [0.1, 0.15) is 5.75 Å². The normalized spacial score (nSPS) is 13.4. The Kier molecular flexibility index (Phi) is 5.62. The van der Waals surface area contributed by atoms with Crippen LogP contribution in [0.5, 0.6) is 5.75 Å². The number of alkyl halides is 3. The summed E-state index contributed by atoms with van der Waals surface area (Å²) in [5, 5.41) is 11.9. The number of aliphatic hydroxyl groups is 1. The van der Waals surface area contributed by atoms with E-state index in [0.717, 1.165) is 12.1 Å². The minimum atomic E-state index is -4.39. The monoisotopic (exact) mass is 277 g/mol. The van der Waals surface area contributed by atoms with E-state index >= 15 is 0 Å². The fourth-order valence-electron chi connectivity index (χ4n) is 1.87. The third-order valence-corrected chi connectivity index (χ3v) is 2.78. The van der Waals surface area contributed by atoms with Gasteiger partial charge in [-0.25, -0.2) is 0 Å². The highest BCUT2D eigenvalue weighted by molar-refractivity contribution is 5.40. The van der Waals surface area contributed by atoms with Crippen LogP contribution in [0, 0.1) is 0 Å². The summed E-state index contributed by atoms with van der Waals surface area (Å²) in [6.07, 6.45) is -4.07. The van der Waals surface area contributed by atoms with Crippen LogP contribution in [0.3, 0.4) is 0 Å². The number of aliphatic hydroxyl groups excluding tert-OH is 1. The van der Waals surface area contributed by atoms with Crippen LogP contribution in [0.1, 0.15) is 30.5 Å². The third-order valence-electron chi connectivity index (χ3n) is 2.78. The standard InChI is InChI=1S/C13H18F3NO2/c1-3-19-12-5-4-9(13(14,15)16)8-10(12)11(17-2)6-7-18/h4-5,8,11,17-18H,3,6-7H2,1-2H3. The number of rotatable bonds is 6. The molecule has 2 N–H and O–H groups in total. The molecule has 1 aromatic rings. The van der Waals surface area contributed by atoms with Gasteiger partial charge < -0.3 is 15.2 Å². The summed E-state index contributed by atoms with van der Waals surface area (Å²) < 4.78 is 43.5. The summed E-state index contributed by atoms with van der Waals surface area (Å²) in [6, 6.07) is 3.01. The molecule has 0 aliphatic heterocycles. The third kappa shape index (κ3) is 4.11. The van der Waals surface area contributed by atoms with E-state index in [1.165, 1.54) is 6.07 Å². The van der Waals surface area contributed by atoms with Crippen LogP contribution < -0.4 is 10.1 Å². The zero-order valence-corrected chi connectivity index (χ0v) is 10.9. The van der Waals surface area contributed by atoms with E-state index in [0.29, 0.717) is 24.3 Å². The first-order valence-electron chi connectivity index (χ1n) is 6.06. The van der Waals surface area contributed by atoms with Gasteiger partial charge in [-0.1, -0.05) is 0 Å². The molecule has 0 aromatic heterocycles. The van der Waals surface area contributed by atoms with Gasteiger partial charge in [0.15, 0.2) is 0 Å². The molecule has 0 saturated carbocycles. The van der Waals surface area contributed by atoms with E-state index in [1.54, 1.807) is 14.0 Å². The molecular formula is C13H18F3NO2. The molecule has 0 amide bonds. The van der Waals surface area contributed by atoms with Gasteiger partial charge in [-0.3, -0.25) is 0 Å². The maximum absolute atomic E-state index is 12.7. The summed E-state index contributed by atoms with van der Waals surface area (Å²) in [5.41, 5.74) is -0.308. The van der Waals surface area contributed by atoms with Gasteiger partial charge in [0, 0.05) is 18.2 Å². The average molecular weight is 277 g/mol. The Labute approximate surface area is 110 Å². The smallest absolute Gasteiger partial charge is 0.416 e. The van der Waals surface area contributed by atoms with E-state index in [9.17, 15) is 13.2 Å². The second-order valence-corrected chi connectivity index (χ2v) is 4.04. The lowest BCUT2D eigenvalue weighted by Crippen LogP contribution is -2.19. The molecule has 6 heteroatoms. The first-order chi connectivity index (χ1) is 8.93. The number of ether oxygens (including phenoxy) is 1. The molecule has 0 bridgehead atoms. The predicted molar refractivity (Wildman–Crippen MR) is 66.1 cm³/mol. The number of nitrogens with one attached hydrogen (secondary N) is 1. The first-order valence-corrected chi connectivity index (χ1v) is 6.06. The second kappa shape index (κ2) is 6.77. The molecule has 1 aromatic carbocycles. The minimum Gasteiger partial charge on any atom is -0.494 e. The van der Waals surface area contributed by atoms with Crippen LogP contribution in [0.2, 0.25) is 0 Å². The van der Waals surface area contributed by atoms with Crippen molar-refractivity contribution in [1.82, 2.24) is 5.32 Å². The maximum Gasteiger partial charge on any atom is 0.416 e. The van der Waals surface area contributed by atoms with Crippen molar-refractivity contribution in [2.45, 2.75) is 25.6 Å². The highest BCUT2D eigenvalue weighted by Gasteiger charge is 2.32. The molecule has 0 aliphatic rings. The van der Waals surface area contributed by atoms with Crippen molar-refractivity contribution >= 4 is 0 Å². The van der Waals surface area contributed by atoms with Gasteiger partial charge in [0.25, 0.3) is 0 Å². The van der Waals surface area contributed by atoms with Gasteiger partial charge in [0.2, 0.25) is 0 Å². The lowest BCUT2D eigenvalue weighted by atomic mass is 10.00. The van der Waals surface area contributed by atoms with Crippen molar-refractivity contribution in [1.29, 1.82) is 0 Å². The van der Waals surface area contributed by atoms with E-state index in [1.807, 2.05) is 0 Å². The fraction of sp³-hybridized carbons (Fsp3) is 0.538. The summed E-state index contributed by atoms with van der Waals surface area (Å²) in [7, 11) is 1.64. The Morgan fingerprint density at radius 1 is 1.37 bits per heavy atom. The lowest BCUT2D eigenvalue weighted by molar-refractivity contribution is -0.137. The van der Waals surface area contributed by atoms with Crippen LogP contribution in [-0.2, 0) is 6.18 Å². The Balaban J connectivity index is 3.21. The summed E-state index contributed by atoms with van der Waals surface area (Å²) in [5.74, 6) is 0.406. The predicted octanol–water partition coefficient (Wildman–Crippen LogP) is 2.75. The zero-order valence-electron chi connectivity index (χ0n) is 10.9. The van der Waals surface area contributed by atoms with Crippen molar-refractivity contribution in [3.05, 3.63) is 29.3 Å². The maximum atomic E-state index is 12.7. The van der Waals surface area contributed by atoms with Crippen molar-refractivity contribution in [2.75, 3.05) is 20.3 Å². The number of benzene rings is 1. The molecule has 108 valence electrons. The molecule has 0 saturated heterocycles. The van der Waals surface area contributed by atoms with Gasteiger partial charge in [-0.05, 0) is 38.6 Å². The van der Waals surface area contributed by atoms with Crippen LogP contribution >= 0.6 is 0 Å². The molecule has 0 spiro atoms. The van der Waals surface area contributed by atoms with Gasteiger partial charge in [0.05, 0.1) is 12.2 Å². The zero-order chi connectivity index (χ0) is 14.5. The number of halogens is 3. The highest BCUT2D eigenvalue weighted by Crippen LogP contribution is 2.35. The summed E-state index contributed by atoms with van der Waals surface area (Å²) in [4.78, 5) is 0. The first kappa shape index (κ1) is 15.8. The van der Waals surface area contributed by atoms with Crippen molar-refractivity contribution in [3.63, 3.8) is 0 Å². The number of hydrogen-bond donors (Lipinski definition) is 2. The molecule has 19 heavy (non-hydrogen) atoms. The average Bonchev–Trinajstić information content (AvgIpc) is 2.36. The van der Waals surface area contributed by atoms with E-state index in [-0.39, 0.29) is 12.6 Å². The lowest BCUT2D eigenvalue weighted by Gasteiger charge is -2.20. The van der Waals surface area contributed by atoms with Gasteiger partial charge in [-0.15, -0.1) is 0 Å². The molecule has 0 heterocycles. The Morgan fingerprint density at radius 2 is 2.05 bits per heavy atom. The van der Waals surface area contributed by atoms with Crippen molar-refractivity contribution in [2.24, 2.45) is 0 Å². The summed E-state index contributed by atoms with van der Waals surface area (Å²) >= 11 is 0. The molecule has 1 atom stereocenters. The quantitative estimate of drug-likeness (QED) is 0.840. The van der Waals surface area contributed by atoms with Gasteiger partial charge >= 0.3 is 6.18 Å². The summed E-state index contributed by atoms with van der Waals surface area (Å²) in [6.45, 7) is 2.02. The van der Waals surface area contributed by atoms with Crippen LogP contribution in [-0.4, -0.2) is 25.4 Å². The molecule has 0 fully saturated rings.